The molecular weight excluding hydrogens is 171 g/mol. The molecule has 0 rings (SSSR count). The highest BCUT2D eigenvalue weighted by Gasteiger charge is 2.47. The Morgan fingerprint density at radius 2 is 1.64 bits per heavy atom. The molecule has 0 aromatic carbocycles. The van der Waals surface area contributed by atoms with E-state index < -0.39 is 24.3 Å². The molecule has 0 radical (unpaired) electrons. The van der Waals surface area contributed by atoms with Gasteiger partial charge in [-0.15, -0.1) is 0 Å². The Kier molecular flexibility index (Phi) is 2.95. The van der Waals surface area contributed by atoms with Gasteiger partial charge in [-0.05, 0) is 6.92 Å². The molecular formula is C5H5F5O. The van der Waals surface area contributed by atoms with Gasteiger partial charge in [0.15, 0.2) is 12.0 Å². The molecule has 0 bridgehead atoms. The van der Waals surface area contributed by atoms with E-state index in [-0.39, 0.29) is 0 Å². The van der Waals surface area contributed by atoms with Crippen LogP contribution in [0.2, 0.25) is 0 Å². The Morgan fingerprint density at radius 3 is 1.73 bits per heavy atom. The summed E-state index contributed by atoms with van der Waals surface area (Å²) in [6.45, 7) is 0.559. The minimum absolute atomic E-state index is 0.559. The Balaban J connectivity index is 4.25. The third kappa shape index (κ3) is 2.81. The number of halogens is 5. The number of ketones is 1. The predicted octanol–water partition coefficient (Wildman–Crippen LogP) is 1.81. The van der Waals surface area contributed by atoms with Gasteiger partial charge in [0.1, 0.15) is 0 Å². The topological polar surface area (TPSA) is 17.1 Å². The lowest BCUT2D eigenvalue weighted by Gasteiger charge is -2.13. The van der Waals surface area contributed by atoms with Crippen LogP contribution in [0.5, 0.6) is 0 Å². The Morgan fingerprint density at radius 1 is 1.27 bits per heavy atom. The lowest BCUT2D eigenvalue weighted by molar-refractivity contribution is -0.197. The maximum Gasteiger partial charge on any atom is 0.423 e. The van der Waals surface area contributed by atoms with Crippen LogP contribution >= 0.6 is 0 Å². The van der Waals surface area contributed by atoms with Crippen LogP contribution in [0.4, 0.5) is 22.0 Å². The maximum atomic E-state index is 12.0. The Bertz CT molecular complexity index is 151. The quantitative estimate of drug-likeness (QED) is 0.586. The molecule has 0 saturated heterocycles. The summed E-state index contributed by atoms with van der Waals surface area (Å²) in [7, 11) is 0. The zero-order valence-electron chi connectivity index (χ0n) is 5.45. The van der Waals surface area contributed by atoms with E-state index in [2.05, 4.69) is 0 Å². The summed E-state index contributed by atoms with van der Waals surface area (Å²) in [4.78, 5) is 9.92. The first-order valence-electron chi connectivity index (χ1n) is 2.62. The van der Waals surface area contributed by atoms with Crippen molar-refractivity contribution in [3.05, 3.63) is 0 Å². The van der Waals surface area contributed by atoms with E-state index in [1.165, 1.54) is 0 Å². The molecule has 0 heterocycles. The van der Waals surface area contributed by atoms with Gasteiger partial charge in [0.2, 0.25) is 6.17 Å². The molecule has 0 fully saturated rings. The molecule has 2 atom stereocenters. The highest BCUT2D eigenvalue weighted by atomic mass is 19.4. The zero-order valence-corrected chi connectivity index (χ0v) is 5.45. The van der Waals surface area contributed by atoms with E-state index in [1.807, 2.05) is 0 Å². The number of carbonyl (C=O) groups excluding carboxylic acids is 1. The van der Waals surface area contributed by atoms with Crippen molar-refractivity contribution in [2.45, 2.75) is 25.4 Å². The van der Waals surface area contributed by atoms with Gasteiger partial charge in [-0.1, -0.05) is 0 Å². The lowest BCUT2D eigenvalue weighted by Crippen LogP contribution is -2.37. The number of hydrogen-bond donors (Lipinski definition) is 0. The van der Waals surface area contributed by atoms with Crippen molar-refractivity contribution in [2.75, 3.05) is 0 Å². The third-order valence-corrected chi connectivity index (χ3v) is 0.958. The lowest BCUT2D eigenvalue weighted by atomic mass is 10.2. The normalized spacial score (nSPS) is 17.6. The molecule has 0 amide bonds. The van der Waals surface area contributed by atoms with E-state index in [0.717, 1.165) is 0 Å². The van der Waals surface area contributed by atoms with Crippen LogP contribution in [0.3, 0.4) is 0 Å². The number of alkyl halides is 5. The van der Waals surface area contributed by atoms with Crippen LogP contribution in [-0.2, 0) is 4.79 Å². The van der Waals surface area contributed by atoms with Crippen LogP contribution in [0, 0.1) is 0 Å². The second kappa shape index (κ2) is 3.15. The van der Waals surface area contributed by atoms with Gasteiger partial charge in [0.25, 0.3) is 0 Å². The van der Waals surface area contributed by atoms with Gasteiger partial charge in [-0.3, -0.25) is 4.79 Å². The monoisotopic (exact) mass is 176 g/mol. The molecule has 0 saturated carbocycles. The van der Waals surface area contributed by atoms with Gasteiger partial charge in [-0.25, -0.2) is 8.78 Å². The van der Waals surface area contributed by atoms with Crippen LogP contribution in [0.15, 0.2) is 0 Å². The highest BCUT2D eigenvalue weighted by Crippen LogP contribution is 2.27. The van der Waals surface area contributed by atoms with E-state index >= 15 is 0 Å². The van der Waals surface area contributed by atoms with Crippen LogP contribution in [-0.4, -0.2) is 24.3 Å². The molecule has 0 aliphatic heterocycles. The summed E-state index contributed by atoms with van der Waals surface area (Å²) in [5, 5.41) is 0. The first kappa shape index (κ1) is 10.3. The van der Waals surface area contributed by atoms with Gasteiger partial charge < -0.3 is 0 Å². The van der Waals surface area contributed by atoms with Crippen LogP contribution < -0.4 is 0 Å². The van der Waals surface area contributed by atoms with Crippen molar-refractivity contribution in [2.24, 2.45) is 0 Å². The summed E-state index contributed by atoms with van der Waals surface area (Å²) >= 11 is 0. The second-order valence-corrected chi connectivity index (χ2v) is 1.96. The summed E-state index contributed by atoms with van der Waals surface area (Å²) in [6, 6.07) is 0. The van der Waals surface area contributed by atoms with Crippen LogP contribution in [0.1, 0.15) is 6.92 Å². The molecule has 0 N–H and O–H groups in total. The summed E-state index contributed by atoms with van der Waals surface area (Å²) in [5.41, 5.74) is 0. The minimum atomic E-state index is -5.30. The molecule has 6 heteroatoms. The first-order valence-corrected chi connectivity index (χ1v) is 2.62. The number of carbonyl (C=O) groups is 1. The van der Waals surface area contributed by atoms with Crippen molar-refractivity contribution >= 4 is 5.78 Å². The fraction of sp³-hybridized carbons (Fsp3) is 0.800. The number of rotatable bonds is 2. The van der Waals surface area contributed by atoms with E-state index in [0.29, 0.717) is 6.92 Å². The van der Waals surface area contributed by atoms with Gasteiger partial charge >= 0.3 is 6.18 Å². The van der Waals surface area contributed by atoms with Gasteiger partial charge in [0.05, 0.1) is 0 Å². The molecule has 0 spiro atoms. The molecule has 11 heavy (non-hydrogen) atoms. The van der Waals surface area contributed by atoms with Crippen molar-refractivity contribution in [3.63, 3.8) is 0 Å². The fourth-order valence-corrected chi connectivity index (χ4v) is 0.372. The Labute approximate surface area is 59.2 Å². The second-order valence-electron chi connectivity index (χ2n) is 1.96. The fourth-order valence-electron chi connectivity index (χ4n) is 0.372. The van der Waals surface area contributed by atoms with Gasteiger partial charge in [0, 0.05) is 0 Å². The SMILES string of the molecule is CC(=O)C(F)C(F)C(F)(F)F. The largest absolute Gasteiger partial charge is 0.423 e. The Hall–Kier alpha value is -0.680. The predicted molar refractivity (Wildman–Crippen MR) is 26.5 cm³/mol. The molecule has 0 aliphatic carbocycles. The van der Waals surface area contributed by atoms with Gasteiger partial charge in [-0.2, -0.15) is 13.2 Å². The average molecular weight is 176 g/mol. The standard InChI is InChI=1S/C5H5F5O/c1-2(11)3(6)4(7)5(8,9)10/h3-4H,1H3. The number of Topliss-reactive ketones (excluding diaryl/α,β-unsaturated/α-hetero) is 1. The third-order valence-electron chi connectivity index (χ3n) is 0.958. The summed E-state index contributed by atoms with van der Waals surface area (Å²) in [6.07, 6.45) is -12.1. The van der Waals surface area contributed by atoms with Crippen molar-refractivity contribution in [3.8, 4) is 0 Å². The molecule has 0 aliphatic rings. The first-order chi connectivity index (χ1) is 4.76. The van der Waals surface area contributed by atoms with Crippen molar-refractivity contribution < 1.29 is 26.7 Å². The minimum Gasteiger partial charge on any atom is -0.297 e. The maximum absolute atomic E-state index is 12.0. The van der Waals surface area contributed by atoms with E-state index in [4.69, 9.17) is 0 Å². The smallest absolute Gasteiger partial charge is 0.297 e. The summed E-state index contributed by atoms with van der Waals surface area (Å²) < 4.78 is 57.7. The van der Waals surface area contributed by atoms with Crippen molar-refractivity contribution in [1.29, 1.82) is 0 Å². The average Bonchev–Trinajstić information content (AvgIpc) is 1.82. The molecule has 2 unspecified atom stereocenters. The molecule has 66 valence electrons. The van der Waals surface area contributed by atoms with Crippen LogP contribution in [0.25, 0.3) is 0 Å². The van der Waals surface area contributed by atoms with E-state index in [9.17, 15) is 26.7 Å². The summed E-state index contributed by atoms with van der Waals surface area (Å²) in [5.74, 6) is -1.46. The number of hydrogen-bond acceptors (Lipinski definition) is 1. The molecule has 0 aromatic heterocycles. The molecule has 0 aromatic rings. The van der Waals surface area contributed by atoms with Crippen molar-refractivity contribution in [1.82, 2.24) is 0 Å². The zero-order chi connectivity index (χ0) is 9.23. The highest BCUT2D eigenvalue weighted by molar-refractivity contribution is 5.81. The van der Waals surface area contributed by atoms with E-state index in [1.54, 1.807) is 0 Å². The molecule has 1 nitrogen and oxygen atoms in total.